The molecule has 82 valence electrons. The quantitative estimate of drug-likeness (QED) is 0.749. The maximum Gasteiger partial charge on any atom is 0.328 e. The summed E-state index contributed by atoms with van der Waals surface area (Å²) in [6.07, 6.45) is 0.853. The van der Waals surface area contributed by atoms with E-state index >= 15 is 0 Å². The highest BCUT2D eigenvalue weighted by molar-refractivity contribution is 6.18. The molecule has 0 saturated carbocycles. The van der Waals surface area contributed by atoms with Crippen LogP contribution in [0.3, 0.4) is 0 Å². The number of nitrogens with zero attached hydrogens (tertiary/aromatic N) is 1. The van der Waals surface area contributed by atoms with Crippen molar-refractivity contribution in [2.75, 3.05) is 0 Å². The minimum atomic E-state index is -1.13. The lowest BCUT2D eigenvalue weighted by atomic mass is 10.2. The van der Waals surface area contributed by atoms with E-state index < -0.39 is 17.8 Å². The Labute approximate surface area is 92.2 Å². The first-order chi connectivity index (χ1) is 7.57. The van der Waals surface area contributed by atoms with Gasteiger partial charge in [0.25, 0.3) is 11.8 Å². The van der Waals surface area contributed by atoms with Crippen LogP contribution in [0.25, 0.3) is 0 Å². The number of rotatable bonds is 2. The molecule has 4 amide bonds. The van der Waals surface area contributed by atoms with Gasteiger partial charge in [0.1, 0.15) is 0 Å². The molecule has 0 heterocycles. The van der Waals surface area contributed by atoms with E-state index in [-0.39, 0.29) is 5.56 Å². The fourth-order valence-electron chi connectivity index (χ4n) is 1.11. The van der Waals surface area contributed by atoms with Crippen LogP contribution >= 0.6 is 0 Å². The zero-order valence-electron chi connectivity index (χ0n) is 8.42. The van der Waals surface area contributed by atoms with Crippen LogP contribution in [-0.4, -0.2) is 22.7 Å². The number of urea groups is 1. The fraction of sp³-hybridized carbons (Fsp3) is 0. The van der Waals surface area contributed by atoms with Crippen LogP contribution in [-0.2, 0) is 4.79 Å². The van der Waals surface area contributed by atoms with Crippen molar-refractivity contribution < 1.29 is 14.4 Å². The topological polar surface area (TPSA) is 80.5 Å². The first kappa shape index (κ1) is 11.6. The van der Waals surface area contributed by atoms with Crippen molar-refractivity contribution in [2.45, 2.75) is 0 Å². The van der Waals surface area contributed by atoms with E-state index in [0.29, 0.717) is 4.90 Å². The molecule has 0 aliphatic rings. The van der Waals surface area contributed by atoms with Crippen LogP contribution < -0.4 is 5.73 Å². The van der Waals surface area contributed by atoms with Crippen LogP contribution in [0.4, 0.5) is 4.79 Å². The van der Waals surface area contributed by atoms with Gasteiger partial charge in [-0.1, -0.05) is 24.8 Å². The van der Waals surface area contributed by atoms with E-state index in [1.165, 1.54) is 12.1 Å². The van der Waals surface area contributed by atoms with Gasteiger partial charge in [0.15, 0.2) is 0 Å². The number of imide groups is 3. The second kappa shape index (κ2) is 4.88. The number of nitrogens with two attached hydrogens (primary N) is 1. The second-order valence-electron chi connectivity index (χ2n) is 2.89. The fourth-order valence-corrected chi connectivity index (χ4v) is 1.11. The third-order valence-electron chi connectivity index (χ3n) is 1.84. The Kier molecular flexibility index (Phi) is 3.55. The summed E-state index contributed by atoms with van der Waals surface area (Å²) < 4.78 is 0. The van der Waals surface area contributed by atoms with Crippen LogP contribution in [0.2, 0.25) is 0 Å². The predicted octanol–water partition coefficient (Wildman–Crippen LogP) is 0.920. The SMILES string of the molecule is C=CC(=O)N(C(N)=O)C(=O)c1ccccc1. The Bertz CT molecular complexity index is 440. The molecule has 0 unspecified atom stereocenters. The van der Waals surface area contributed by atoms with Gasteiger partial charge in [-0.05, 0) is 18.2 Å². The zero-order valence-corrected chi connectivity index (χ0v) is 8.42. The smallest absolute Gasteiger partial charge is 0.328 e. The van der Waals surface area contributed by atoms with E-state index in [1.807, 2.05) is 0 Å². The monoisotopic (exact) mass is 218 g/mol. The van der Waals surface area contributed by atoms with Gasteiger partial charge in [-0.3, -0.25) is 9.59 Å². The molecule has 0 fully saturated rings. The highest BCUT2D eigenvalue weighted by Gasteiger charge is 2.25. The molecule has 0 aliphatic carbocycles. The van der Waals surface area contributed by atoms with Crippen molar-refractivity contribution >= 4 is 17.8 Å². The summed E-state index contributed by atoms with van der Waals surface area (Å²) in [6.45, 7) is 3.19. The number of hydrogen-bond acceptors (Lipinski definition) is 3. The maximum atomic E-state index is 11.7. The number of benzene rings is 1. The van der Waals surface area contributed by atoms with Gasteiger partial charge in [0.2, 0.25) is 0 Å². The lowest BCUT2D eigenvalue weighted by Gasteiger charge is -2.14. The van der Waals surface area contributed by atoms with Crippen molar-refractivity contribution in [3.63, 3.8) is 0 Å². The second-order valence-corrected chi connectivity index (χ2v) is 2.89. The molecule has 0 aromatic heterocycles. The molecule has 5 heteroatoms. The molecular weight excluding hydrogens is 208 g/mol. The van der Waals surface area contributed by atoms with E-state index in [1.54, 1.807) is 18.2 Å². The molecule has 0 atom stereocenters. The van der Waals surface area contributed by atoms with E-state index in [0.717, 1.165) is 6.08 Å². The number of primary amides is 1. The lowest BCUT2D eigenvalue weighted by Crippen LogP contribution is -2.44. The van der Waals surface area contributed by atoms with Gasteiger partial charge in [-0.2, -0.15) is 4.90 Å². The zero-order chi connectivity index (χ0) is 12.1. The summed E-state index contributed by atoms with van der Waals surface area (Å²) in [5.41, 5.74) is 5.15. The van der Waals surface area contributed by atoms with E-state index in [2.05, 4.69) is 6.58 Å². The Hall–Kier alpha value is -2.43. The van der Waals surface area contributed by atoms with Gasteiger partial charge in [-0.15, -0.1) is 0 Å². The summed E-state index contributed by atoms with van der Waals surface area (Å²) >= 11 is 0. The highest BCUT2D eigenvalue weighted by Crippen LogP contribution is 2.05. The average Bonchev–Trinajstić information content (AvgIpc) is 2.29. The molecule has 0 spiro atoms. The molecule has 1 rings (SSSR count). The number of hydrogen-bond donors (Lipinski definition) is 1. The third-order valence-corrected chi connectivity index (χ3v) is 1.84. The summed E-state index contributed by atoms with van der Waals surface area (Å²) in [5, 5.41) is 0. The number of amides is 4. The lowest BCUT2D eigenvalue weighted by molar-refractivity contribution is -0.121. The van der Waals surface area contributed by atoms with Crippen molar-refractivity contribution in [3.8, 4) is 0 Å². The minimum absolute atomic E-state index is 0.205. The Balaban J connectivity index is 3.06. The number of carbonyl (C=O) groups is 3. The van der Waals surface area contributed by atoms with Crippen molar-refractivity contribution in [3.05, 3.63) is 48.6 Å². The van der Waals surface area contributed by atoms with Gasteiger partial charge in [-0.25, -0.2) is 4.79 Å². The molecule has 1 aromatic carbocycles. The molecule has 0 aliphatic heterocycles. The molecule has 0 radical (unpaired) electrons. The molecule has 0 saturated heterocycles. The first-order valence-electron chi connectivity index (χ1n) is 4.43. The van der Waals surface area contributed by atoms with E-state index in [9.17, 15) is 14.4 Å². The van der Waals surface area contributed by atoms with E-state index in [4.69, 9.17) is 5.73 Å². The van der Waals surface area contributed by atoms with Crippen LogP contribution in [0.1, 0.15) is 10.4 Å². The summed E-state index contributed by atoms with van der Waals surface area (Å²) in [5.74, 6) is -1.61. The predicted molar refractivity (Wildman–Crippen MR) is 57.4 cm³/mol. The van der Waals surface area contributed by atoms with Crippen molar-refractivity contribution in [1.29, 1.82) is 0 Å². The summed E-state index contributed by atoms with van der Waals surface area (Å²) in [6, 6.07) is 6.78. The summed E-state index contributed by atoms with van der Waals surface area (Å²) in [7, 11) is 0. The van der Waals surface area contributed by atoms with Gasteiger partial charge in [0.05, 0.1) is 0 Å². The molecule has 16 heavy (non-hydrogen) atoms. The molecule has 0 bridgehead atoms. The molecule has 1 aromatic rings. The minimum Gasteiger partial charge on any atom is -0.351 e. The van der Waals surface area contributed by atoms with Gasteiger partial charge in [0, 0.05) is 5.56 Å². The van der Waals surface area contributed by atoms with Crippen molar-refractivity contribution in [1.82, 2.24) is 4.90 Å². The normalized spacial score (nSPS) is 9.25. The Morgan fingerprint density at radius 2 is 1.75 bits per heavy atom. The van der Waals surface area contributed by atoms with Gasteiger partial charge < -0.3 is 5.73 Å². The maximum absolute atomic E-state index is 11.7. The molecule has 2 N–H and O–H groups in total. The summed E-state index contributed by atoms with van der Waals surface area (Å²) in [4.78, 5) is 34.3. The van der Waals surface area contributed by atoms with Gasteiger partial charge >= 0.3 is 6.03 Å². The first-order valence-corrected chi connectivity index (χ1v) is 4.43. The molecule has 5 nitrogen and oxygen atoms in total. The van der Waals surface area contributed by atoms with Crippen molar-refractivity contribution in [2.24, 2.45) is 5.73 Å². The van der Waals surface area contributed by atoms with Crippen LogP contribution in [0.5, 0.6) is 0 Å². The van der Waals surface area contributed by atoms with Crippen LogP contribution in [0.15, 0.2) is 43.0 Å². The molecular formula is C11H10N2O3. The Morgan fingerprint density at radius 1 is 1.19 bits per heavy atom. The number of carbonyl (C=O) groups excluding carboxylic acids is 3. The third kappa shape index (κ3) is 2.33. The van der Waals surface area contributed by atoms with Crippen LogP contribution in [0, 0.1) is 0 Å². The largest absolute Gasteiger partial charge is 0.351 e. The Morgan fingerprint density at radius 3 is 2.19 bits per heavy atom. The average molecular weight is 218 g/mol. The standard InChI is InChI=1S/C11H10N2O3/c1-2-9(14)13(11(12)16)10(15)8-6-4-3-5-7-8/h2-7H,1H2,(H2,12,16). The highest BCUT2D eigenvalue weighted by atomic mass is 16.2.